The molecule has 0 aliphatic carbocycles. The summed E-state index contributed by atoms with van der Waals surface area (Å²) in [4.78, 5) is 7.33. The number of oxazole rings is 1. The third-order valence-electron chi connectivity index (χ3n) is 11.6. The smallest absolute Gasteiger partial charge is 0.227 e. The summed E-state index contributed by atoms with van der Waals surface area (Å²) in [6.45, 7) is 0. The van der Waals surface area contributed by atoms with Crippen LogP contribution in [0.15, 0.2) is 221 Å². The maximum absolute atomic E-state index is 6.35. The number of rotatable bonds is 7. The Morgan fingerprint density at radius 3 is 1.78 bits per heavy atom. The Morgan fingerprint density at radius 2 is 0.967 bits per heavy atom. The highest BCUT2D eigenvalue weighted by molar-refractivity contribution is 6.17. The van der Waals surface area contributed by atoms with Gasteiger partial charge >= 0.3 is 0 Å². The van der Waals surface area contributed by atoms with Crippen molar-refractivity contribution in [2.24, 2.45) is 0 Å². The van der Waals surface area contributed by atoms with Gasteiger partial charge < -0.3 is 18.3 Å². The predicted molar refractivity (Wildman–Crippen MR) is 247 cm³/mol. The van der Waals surface area contributed by atoms with Crippen molar-refractivity contribution < 1.29 is 8.83 Å². The molecule has 60 heavy (non-hydrogen) atoms. The van der Waals surface area contributed by atoms with Crippen molar-refractivity contribution >= 4 is 71.9 Å². The zero-order chi connectivity index (χ0) is 39.6. The van der Waals surface area contributed by atoms with Crippen LogP contribution in [0, 0.1) is 0 Å². The van der Waals surface area contributed by atoms with Crippen molar-refractivity contribution in [3.8, 4) is 39.4 Å². The fourth-order valence-electron chi connectivity index (χ4n) is 8.80. The first-order valence-corrected chi connectivity index (χ1v) is 20.2. The molecule has 0 atom stereocenters. The minimum Gasteiger partial charge on any atom is -0.456 e. The second-order valence-corrected chi connectivity index (χ2v) is 15.2. The maximum Gasteiger partial charge on any atom is 0.227 e. The Labute approximate surface area is 345 Å². The second-order valence-electron chi connectivity index (χ2n) is 15.2. The molecular formula is C55H35N3O2. The third kappa shape index (κ3) is 5.59. The Kier molecular flexibility index (Phi) is 7.78. The average Bonchev–Trinajstić information content (AvgIpc) is 4.02. The van der Waals surface area contributed by atoms with Crippen LogP contribution in [0.1, 0.15) is 0 Å². The lowest BCUT2D eigenvalue weighted by Gasteiger charge is -2.26. The predicted octanol–water partition coefficient (Wildman–Crippen LogP) is 15.3. The van der Waals surface area contributed by atoms with E-state index < -0.39 is 0 Å². The summed E-state index contributed by atoms with van der Waals surface area (Å²) in [6.07, 6.45) is 0. The number of nitrogens with zero attached hydrogens (tertiary/aromatic N) is 3. The Hall–Kier alpha value is -8.15. The van der Waals surface area contributed by atoms with Gasteiger partial charge in [-0.1, -0.05) is 115 Å². The van der Waals surface area contributed by atoms with Crippen molar-refractivity contribution in [1.82, 2.24) is 9.55 Å². The average molecular weight is 770 g/mol. The lowest BCUT2D eigenvalue weighted by molar-refractivity contribution is 0.619. The van der Waals surface area contributed by atoms with E-state index in [1.165, 1.54) is 27.4 Å². The van der Waals surface area contributed by atoms with E-state index in [1.807, 2.05) is 42.5 Å². The van der Waals surface area contributed by atoms with E-state index in [0.717, 1.165) is 78.0 Å². The summed E-state index contributed by atoms with van der Waals surface area (Å²) < 4.78 is 15.0. The standard InChI is InChI=1S/C55H35N3O2/c1-4-13-36(14-5-1)39-17-12-20-43(33-39)57(44-28-29-49-46(35-44)45-21-10-11-22-48(45)58(49)41-18-8-3-9-19-41)42-26-23-37(24-27-42)40-25-30-50-47(34-40)53-51(59-50)31-32-52-54(53)56-55(60-52)38-15-6-2-7-16-38/h1-35H. The molecule has 9 aromatic carbocycles. The van der Waals surface area contributed by atoms with Crippen LogP contribution in [-0.4, -0.2) is 9.55 Å². The van der Waals surface area contributed by atoms with Crippen LogP contribution in [0.4, 0.5) is 17.1 Å². The van der Waals surface area contributed by atoms with Crippen molar-refractivity contribution in [2.75, 3.05) is 4.90 Å². The molecule has 0 aliphatic heterocycles. The summed E-state index contributed by atoms with van der Waals surface area (Å²) in [6, 6.07) is 74.8. The molecule has 0 amide bonds. The summed E-state index contributed by atoms with van der Waals surface area (Å²) in [5, 5.41) is 4.38. The van der Waals surface area contributed by atoms with Gasteiger partial charge in [-0.2, -0.15) is 0 Å². The lowest BCUT2D eigenvalue weighted by atomic mass is 10.0. The molecule has 0 aliphatic rings. The van der Waals surface area contributed by atoms with Gasteiger partial charge in [-0.25, -0.2) is 4.98 Å². The van der Waals surface area contributed by atoms with E-state index >= 15 is 0 Å². The monoisotopic (exact) mass is 769 g/mol. The molecule has 5 nitrogen and oxygen atoms in total. The topological polar surface area (TPSA) is 47.3 Å². The zero-order valence-electron chi connectivity index (χ0n) is 32.4. The van der Waals surface area contributed by atoms with Crippen LogP contribution in [0.3, 0.4) is 0 Å². The van der Waals surface area contributed by atoms with E-state index in [1.54, 1.807) is 0 Å². The molecule has 0 spiro atoms. The third-order valence-corrected chi connectivity index (χ3v) is 11.6. The van der Waals surface area contributed by atoms with Gasteiger partial charge in [0.1, 0.15) is 16.7 Å². The van der Waals surface area contributed by atoms with Gasteiger partial charge in [0.15, 0.2) is 5.58 Å². The highest BCUT2D eigenvalue weighted by atomic mass is 16.4. The highest BCUT2D eigenvalue weighted by Gasteiger charge is 2.20. The van der Waals surface area contributed by atoms with Crippen molar-refractivity contribution in [1.29, 1.82) is 0 Å². The summed E-state index contributed by atoms with van der Waals surface area (Å²) in [5.74, 6) is 0.596. The van der Waals surface area contributed by atoms with Crippen molar-refractivity contribution in [3.05, 3.63) is 212 Å². The summed E-state index contributed by atoms with van der Waals surface area (Å²) in [7, 11) is 0. The highest BCUT2D eigenvalue weighted by Crippen LogP contribution is 2.42. The van der Waals surface area contributed by atoms with Crippen LogP contribution in [-0.2, 0) is 0 Å². The van der Waals surface area contributed by atoms with Gasteiger partial charge in [-0.05, 0) is 119 Å². The van der Waals surface area contributed by atoms with E-state index in [9.17, 15) is 0 Å². The van der Waals surface area contributed by atoms with Gasteiger partial charge in [0, 0.05) is 44.5 Å². The fourth-order valence-corrected chi connectivity index (χ4v) is 8.80. The van der Waals surface area contributed by atoms with Crippen LogP contribution in [0.2, 0.25) is 0 Å². The van der Waals surface area contributed by atoms with Crippen LogP contribution >= 0.6 is 0 Å². The molecule has 0 N–H and O–H groups in total. The molecule has 5 heteroatoms. The SMILES string of the molecule is c1ccc(-c2cccc(N(c3ccc(-c4ccc5oc6ccc7oc(-c8ccccc8)nc7c6c5c4)cc3)c3ccc4c(c3)c3ccccc3n4-c3ccccc3)c2)cc1. The Bertz CT molecular complexity index is 3530. The molecule has 0 bridgehead atoms. The molecule has 0 unspecified atom stereocenters. The molecule has 3 heterocycles. The van der Waals surface area contributed by atoms with Gasteiger partial charge in [-0.15, -0.1) is 0 Å². The van der Waals surface area contributed by atoms with Crippen molar-refractivity contribution in [2.45, 2.75) is 0 Å². The van der Waals surface area contributed by atoms with E-state index in [2.05, 4.69) is 179 Å². The zero-order valence-corrected chi connectivity index (χ0v) is 32.4. The van der Waals surface area contributed by atoms with Crippen LogP contribution in [0.5, 0.6) is 0 Å². The minimum atomic E-state index is 0.596. The summed E-state index contributed by atoms with van der Waals surface area (Å²) >= 11 is 0. The molecule has 3 aromatic heterocycles. The number of benzene rings is 9. The Morgan fingerprint density at radius 1 is 0.367 bits per heavy atom. The van der Waals surface area contributed by atoms with E-state index in [-0.39, 0.29) is 0 Å². The molecule has 12 aromatic rings. The van der Waals surface area contributed by atoms with Gasteiger partial charge in [0.25, 0.3) is 0 Å². The van der Waals surface area contributed by atoms with Crippen LogP contribution < -0.4 is 4.90 Å². The first-order chi connectivity index (χ1) is 29.7. The van der Waals surface area contributed by atoms with E-state index in [0.29, 0.717) is 5.89 Å². The Balaban J connectivity index is 0.985. The van der Waals surface area contributed by atoms with Crippen molar-refractivity contribution in [3.63, 3.8) is 0 Å². The number of anilines is 3. The van der Waals surface area contributed by atoms with Crippen LogP contribution in [0.25, 0.3) is 94.2 Å². The molecule has 0 radical (unpaired) electrons. The number of aromatic nitrogens is 2. The normalized spacial score (nSPS) is 11.7. The quantitative estimate of drug-likeness (QED) is 0.162. The molecule has 12 rings (SSSR count). The first kappa shape index (κ1) is 33.9. The molecule has 282 valence electrons. The van der Waals surface area contributed by atoms with Gasteiger partial charge in [-0.3, -0.25) is 0 Å². The number of furan rings is 1. The molecule has 0 saturated carbocycles. The number of hydrogen-bond donors (Lipinski definition) is 0. The number of fused-ring (bicyclic) bond motifs is 8. The lowest BCUT2D eigenvalue weighted by Crippen LogP contribution is -2.10. The maximum atomic E-state index is 6.35. The molecular weight excluding hydrogens is 735 g/mol. The summed E-state index contributed by atoms with van der Waals surface area (Å²) in [5.41, 5.74) is 15.3. The van der Waals surface area contributed by atoms with Gasteiger partial charge in [0.05, 0.1) is 16.4 Å². The second kappa shape index (κ2) is 13.8. The minimum absolute atomic E-state index is 0.596. The van der Waals surface area contributed by atoms with Gasteiger partial charge in [0.2, 0.25) is 5.89 Å². The first-order valence-electron chi connectivity index (χ1n) is 20.2. The number of hydrogen-bond acceptors (Lipinski definition) is 4. The molecule has 0 fully saturated rings. The van der Waals surface area contributed by atoms with E-state index in [4.69, 9.17) is 13.8 Å². The fraction of sp³-hybridized carbons (Fsp3) is 0. The largest absolute Gasteiger partial charge is 0.456 e. The number of para-hydroxylation sites is 2. The molecule has 0 saturated heterocycles.